The van der Waals surface area contributed by atoms with Crippen LogP contribution in [0, 0.1) is 0 Å². The summed E-state index contributed by atoms with van der Waals surface area (Å²) in [6.45, 7) is 6.36. The third-order valence-electron chi connectivity index (χ3n) is 3.67. The van der Waals surface area contributed by atoms with E-state index >= 15 is 0 Å². The molecule has 0 spiro atoms. The number of aromatic nitrogens is 1. The van der Waals surface area contributed by atoms with Crippen LogP contribution in [0.25, 0.3) is 0 Å². The molecular weight excluding hydrogens is 322 g/mol. The maximum absolute atomic E-state index is 12.6. The first-order valence-corrected chi connectivity index (χ1v) is 8.75. The molecule has 0 saturated heterocycles. The second kappa shape index (κ2) is 9.28. The number of nitrogens with one attached hydrogen (secondary N) is 1. The van der Waals surface area contributed by atoms with Crippen LogP contribution in [0.3, 0.4) is 0 Å². The molecule has 1 N–H and O–H groups in total. The number of hydrogen-bond acceptors (Lipinski definition) is 3. The second-order valence-electron chi connectivity index (χ2n) is 5.70. The number of anilines is 1. The van der Waals surface area contributed by atoms with E-state index in [4.69, 9.17) is 11.6 Å². The summed E-state index contributed by atoms with van der Waals surface area (Å²) in [4.78, 5) is 18.8. The summed E-state index contributed by atoms with van der Waals surface area (Å²) in [6.07, 6.45) is 3.59. The smallest absolute Gasteiger partial charge is 0.254 e. The molecule has 0 fully saturated rings. The van der Waals surface area contributed by atoms with Crippen LogP contribution in [0.2, 0.25) is 5.02 Å². The summed E-state index contributed by atoms with van der Waals surface area (Å²) >= 11 is 5.89. The fourth-order valence-electron chi connectivity index (χ4n) is 2.49. The quantitative estimate of drug-likeness (QED) is 0.759. The summed E-state index contributed by atoms with van der Waals surface area (Å²) < 4.78 is 0. The van der Waals surface area contributed by atoms with E-state index in [1.165, 1.54) is 0 Å². The van der Waals surface area contributed by atoms with Crippen molar-refractivity contribution in [1.29, 1.82) is 0 Å². The topological polar surface area (TPSA) is 45.2 Å². The predicted octanol–water partition coefficient (Wildman–Crippen LogP) is 4.61. The van der Waals surface area contributed by atoms with Crippen LogP contribution >= 0.6 is 11.6 Å². The fraction of sp³-hybridized carbons (Fsp3) is 0.368. The average molecular weight is 346 g/mol. The molecule has 24 heavy (non-hydrogen) atoms. The number of pyridine rings is 1. The molecular formula is C19H24ClN3O. The van der Waals surface area contributed by atoms with Crippen molar-refractivity contribution in [3.63, 3.8) is 0 Å². The van der Waals surface area contributed by atoms with Gasteiger partial charge in [-0.3, -0.25) is 4.79 Å². The van der Waals surface area contributed by atoms with Crippen LogP contribution in [0.1, 0.15) is 42.6 Å². The molecule has 0 bridgehead atoms. The predicted molar refractivity (Wildman–Crippen MR) is 99.5 cm³/mol. The van der Waals surface area contributed by atoms with Crippen molar-refractivity contribution in [1.82, 2.24) is 9.88 Å². The lowest BCUT2D eigenvalue weighted by Gasteiger charge is -2.21. The standard InChI is InChI=1S/C19H24ClN3O/c1-3-11-23(12-4-2)19(24)16-9-10-21-18(13-16)22-14-15-5-7-17(20)8-6-15/h5-10,13H,3-4,11-12,14H2,1-2H3,(H,21,22). The highest BCUT2D eigenvalue weighted by molar-refractivity contribution is 6.30. The summed E-state index contributed by atoms with van der Waals surface area (Å²) in [5.41, 5.74) is 1.78. The van der Waals surface area contributed by atoms with Crippen LogP contribution < -0.4 is 5.32 Å². The van der Waals surface area contributed by atoms with Crippen molar-refractivity contribution < 1.29 is 4.79 Å². The largest absolute Gasteiger partial charge is 0.366 e. The van der Waals surface area contributed by atoms with Crippen molar-refractivity contribution in [3.8, 4) is 0 Å². The molecule has 2 rings (SSSR count). The lowest BCUT2D eigenvalue weighted by atomic mass is 10.2. The Morgan fingerprint density at radius 2 is 1.79 bits per heavy atom. The summed E-state index contributed by atoms with van der Waals surface area (Å²) in [5, 5.41) is 3.97. The van der Waals surface area contributed by atoms with Gasteiger partial charge in [0.1, 0.15) is 5.82 Å². The van der Waals surface area contributed by atoms with Crippen molar-refractivity contribution in [2.75, 3.05) is 18.4 Å². The number of nitrogens with zero attached hydrogens (tertiary/aromatic N) is 2. The minimum absolute atomic E-state index is 0.0654. The van der Waals surface area contributed by atoms with Gasteiger partial charge < -0.3 is 10.2 Å². The molecule has 0 aliphatic rings. The van der Waals surface area contributed by atoms with Gasteiger partial charge in [0, 0.05) is 36.4 Å². The van der Waals surface area contributed by atoms with E-state index in [1.807, 2.05) is 35.2 Å². The monoisotopic (exact) mass is 345 g/mol. The molecule has 1 heterocycles. The zero-order chi connectivity index (χ0) is 17.4. The Kier molecular flexibility index (Phi) is 7.07. The fourth-order valence-corrected chi connectivity index (χ4v) is 2.62. The first-order valence-electron chi connectivity index (χ1n) is 8.37. The molecule has 0 aliphatic carbocycles. The molecule has 0 saturated carbocycles. The Hall–Kier alpha value is -2.07. The molecule has 0 unspecified atom stereocenters. The van der Waals surface area contributed by atoms with Gasteiger partial charge in [-0.05, 0) is 42.7 Å². The van der Waals surface area contributed by atoms with Crippen molar-refractivity contribution in [3.05, 3.63) is 58.7 Å². The highest BCUT2D eigenvalue weighted by atomic mass is 35.5. The highest BCUT2D eigenvalue weighted by Crippen LogP contribution is 2.14. The summed E-state index contributed by atoms with van der Waals surface area (Å²) in [6, 6.07) is 11.2. The molecule has 5 heteroatoms. The third-order valence-corrected chi connectivity index (χ3v) is 3.92. The molecule has 128 valence electrons. The zero-order valence-electron chi connectivity index (χ0n) is 14.3. The van der Waals surface area contributed by atoms with Crippen LogP contribution in [-0.2, 0) is 6.54 Å². The Bertz CT molecular complexity index is 652. The van der Waals surface area contributed by atoms with Crippen LogP contribution in [0.4, 0.5) is 5.82 Å². The molecule has 0 atom stereocenters. The molecule has 1 amide bonds. The van der Waals surface area contributed by atoms with Gasteiger partial charge in [0.2, 0.25) is 0 Å². The molecule has 2 aromatic rings. The average Bonchev–Trinajstić information content (AvgIpc) is 2.61. The minimum atomic E-state index is 0.0654. The van der Waals surface area contributed by atoms with E-state index in [9.17, 15) is 4.79 Å². The molecule has 1 aromatic carbocycles. The van der Waals surface area contributed by atoms with Gasteiger partial charge in [-0.15, -0.1) is 0 Å². The third kappa shape index (κ3) is 5.24. The Morgan fingerprint density at radius 3 is 2.42 bits per heavy atom. The maximum atomic E-state index is 12.6. The van der Waals surface area contributed by atoms with Gasteiger partial charge in [0.15, 0.2) is 0 Å². The van der Waals surface area contributed by atoms with E-state index in [0.29, 0.717) is 17.9 Å². The number of hydrogen-bond donors (Lipinski definition) is 1. The lowest BCUT2D eigenvalue weighted by Crippen LogP contribution is -2.32. The zero-order valence-corrected chi connectivity index (χ0v) is 15.0. The summed E-state index contributed by atoms with van der Waals surface area (Å²) in [7, 11) is 0. The Labute approximate surface area is 148 Å². The number of rotatable bonds is 8. The number of carbonyl (C=O) groups excluding carboxylic acids is 1. The van der Waals surface area contributed by atoms with Gasteiger partial charge in [-0.1, -0.05) is 37.6 Å². The Morgan fingerprint density at radius 1 is 1.12 bits per heavy atom. The molecule has 4 nitrogen and oxygen atoms in total. The van der Waals surface area contributed by atoms with Crippen LogP contribution in [0.15, 0.2) is 42.6 Å². The van der Waals surface area contributed by atoms with Gasteiger partial charge in [-0.25, -0.2) is 4.98 Å². The van der Waals surface area contributed by atoms with Gasteiger partial charge >= 0.3 is 0 Å². The SMILES string of the molecule is CCCN(CCC)C(=O)c1ccnc(NCc2ccc(Cl)cc2)c1. The normalized spacial score (nSPS) is 10.5. The lowest BCUT2D eigenvalue weighted by molar-refractivity contribution is 0.0755. The second-order valence-corrected chi connectivity index (χ2v) is 6.14. The maximum Gasteiger partial charge on any atom is 0.254 e. The molecule has 1 aromatic heterocycles. The number of amides is 1. The van der Waals surface area contributed by atoms with E-state index in [0.717, 1.165) is 36.5 Å². The first-order chi connectivity index (χ1) is 11.6. The van der Waals surface area contributed by atoms with Crippen LogP contribution in [0.5, 0.6) is 0 Å². The van der Waals surface area contributed by atoms with Crippen molar-refractivity contribution >= 4 is 23.3 Å². The van der Waals surface area contributed by atoms with Gasteiger partial charge in [0.25, 0.3) is 5.91 Å². The van der Waals surface area contributed by atoms with Gasteiger partial charge in [-0.2, -0.15) is 0 Å². The van der Waals surface area contributed by atoms with Gasteiger partial charge in [0.05, 0.1) is 0 Å². The van der Waals surface area contributed by atoms with E-state index in [-0.39, 0.29) is 5.91 Å². The molecule has 0 aliphatic heterocycles. The van der Waals surface area contributed by atoms with E-state index in [2.05, 4.69) is 24.1 Å². The first kappa shape index (κ1) is 18.3. The van der Waals surface area contributed by atoms with E-state index < -0.39 is 0 Å². The van der Waals surface area contributed by atoms with Crippen molar-refractivity contribution in [2.45, 2.75) is 33.2 Å². The Balaban J connectivity index is 2.04. The van der Waals surface area contributed by atoms with Crippen molar-refractivity contribution in [2.24, 2.45) is 0 Å². The number of halogens is 1. The number of carbonyl (C=O) groups is 1. The number of benzene rings is 1. The molecule has 0 radical (unpaired) electrons. The highest BCUT2D eigenvalue weighted by Gasteiger charge is 2.14. The summed E-state index contributed by atoms with van der Waals surface area (Å²) in [5.74, 6) is 0.763. The van der Waals surface area contributed by atoms with E-state index in [1.54, 1.807) is 12.3 Å². The minimum Gasteiger partial charge on any atom is -0.366 e. The van der Waals surface area contributed by atoms with Crippen LogP contribution in [-0.4, -0.2) is 28.9 Å².